The van der Waals surface area contributed by atoms with Gasteiger partial charge in [0.05, 0.1) is 6.54 Å². The molecule has 126 valence electrons. The molecule has 1 spiro atoms. The van der Waals surface area contributed by atoms with Crippen molar-refractivity contribution < 1.29 is 9.59 Å². The molecule has 0 bridgehead atoms. The van der Waals surface area contributed by atoms with Crippen molar-refractivity contribution in [3.63, 3.8) is 0 Å². The van der Waals surface area contributed by atoms with Gasteiger partial charge in [0, 0.05) is 31.2 Å². The molecule has 3 amide bonds. The summed E-state index contributed by atoms with van der Waals surface area (Å²) >= 11 is 0. The summed E-state index contributed by atoms with van der Waals surface area (Å²) in [6.45, 7) is 3.11. The van der Waals surface area contributed by atoms with Gasteiger partial charge in [0.15, 0.2) is 0 Å². The lowest BCUT2D eigenvalue weighted by Gasteiger charge is -2.49. The van der Waals surface area contributed by atoms with Gasteiger partial charge in [-0.3, -0.25) is 15.0 Å². The lowest BCUT2D eigenvalue weighted by molar-refractivity contribution is -0.123. The first kappa shape index (κ1) is 17.5. The monoisotopic (exact) mass is 330 g/mol. The second-order valence-corrected chi connectivity index (χ2v) is 6.68. The molecule has 3 N–H and O–H groups in total. The highest BCUT2D eigenvalue weighted by Crippen LogP contribution is 2.34. The van der Waals surface area contributed by atoms with Gasteiger partial charge in [0.2, 0.25) is 5.91 Å². The van der Waals surface area contributed by atoms with Crippen LogP contribution in [0.15, 0.2) is 0 Å². The number of nitrogens with zero attached hydrogens (tertiary/aromatic N) is 1. The molecule has 22 heavy (non-hydrogen) atoms. The van der Waals surface area contributed by atoms with Gasteiger partial charge >= 0.3 is 6.03 Å². The van der Waals surface area contributed by atoms with Crippen LogP contribution in [0.4, 0.5) is 4.79 Å². The molecule has 0 radical (unpaired) electrons. The maximum atomic E-state index is 12.1. The third-order valence-electron chi connectivity index (χ3n) is 4.97. The Morgan fingerprint density at radius 2 is 1.91 bits per heavy atom. The van der Waals surface area contributed by atoms with Crippen LogP contribution in [0.25, 0.3) is 0 Å². The van der Waals surface area contributed by atoms with Gasteiger partial charge in [-0.25, -0.2) is 4.79 Å². The van der Waals surface area contributed by atoms with Crippen LogP contribution in [-0.4, -0.2) is 54.6 Å². The Kier molecular flexibility index (Phi) is 6.06. The first-order valence-electron chi connectivity index (χ1n) is 8.24. The second-order valence-electron chi connectivity index (χ2n) is 6.68. The van der Waals surface area contributed by atoms with Crippen molar-refractivity contribution in [1.29, 1.82) is 0 Å². The van der Waals surface area contributed by atoms with Crippen molar-refractivity contribution in [3.8, 4) is 0 Å². The SMILES string of the molecule is Cl.O=C(CN1CCNCC12CCCCC2)NC(=O)NC1CC1. The normalized spacial score (nSPS) is 24.4. The Bertz CT molecular complexity index is 400. The Labute approximate surface area is 138 Å². The van der Waals surface area contributed by atoms with Crippen molar-refractivity contribution in [2.75, 3.05) is 26.2 Å². The van der Waals surface area contributed by atoms with Crippen LogP contribution >= 0.6 is 12.4 Å². The summed E-state index contributed by atoms with van der Waals surface area (Å²) < 4.78 is 0. The minimum absolute atomic E-state index is 0. The number of hydrogen-bond acceptors (Lipinski definition) is 4. The van der Waals surface area contributed by atoms with Crippen molar-refractivity contribution in [2.24, 2.45) is 0 Å². The number of imide groups is 1. The first-order valence-corrected chi connectivity index (χ1v) is 8.24. The second kappa shape index (κ2) is 7.62. The van der Waals surface area contributed by atoms with E-state index in [0.29, 0.717) is 6.54 Å². The Morgan fingerprint density at radius 3 is 2.59 bits per heavy atom. The van der Waals surface area contributed by atoms with Crippen molar-refractivity contribution in [3.05, 3.63) is 0 Å². The van der Waals surface area contributed by atoms with Crippen molar-refractivity contribution in [1.82, 2.24) is 20.9 Å². The molecular weight excluding hydrogens is 304 g/mol. The summed E-state index contributed by atoms with van der Waals surface area (Å²) in [6, 6.07) is -0.0583. The molecule has 3 aliphatic rings. The van der Waals surface area contributed by atoms with Crippen LogP contribution in [0.5, 0.6) is 0 Å². The summed E-state index contributed by atoms with van der Waals surface area (Å²) in [5.74, 6) is -0.181. The van der Waals surface area contributed by atoms with Crippen LogP contribution in [-0.2, 0) is 4.79 Å². The van der Waals surface area contributed by atoms with Crippen molar-refractivity contribution in [2.45, 2.75) is 56.5 Å². The summed E-state index contributed by atoms with van der Waals surface area (Å²) in [7, 11) is 0. The number of carbonyl (C=O) groups excluding carboxylic acids is 2. The van der Waals surface area contributed by atoms with E-state index in [1.807, 2.05) is 0 Å². The maximum absolute atomic E-state index is 12.1. The molecule has 1 saturated heterocycles. The van der Waals surface area contributed by atoms with E-state index in [0.717, 1.165) is 45.3 Å². The average molecular weight is 331 g/mol. The van der Waals surface area contributed by atoms with E-state index in [1.165, 1.54) is 19.3 Å². The van der Waals surface area contributed by atoms with E-state index in [4.69, 9.17) is 0 Å². The van der Waals surface area contributed by atoms with Crippen LogP contribution in [0, 0.1) is 0 Å². The van der Waals surface area contributed by atoms with Gasteiger partial charge in [0.1, 0.15) is 0 Å². The van der Waals surface area contributed by atoms with E-state index in [1.54, 1.807) is 0 Å². The largest absolute Gasteiger partial charge is 0.335 e. The molecule has 0 atom stereocenters. The van der Waals surface area contributed by atoms with Gasteiger partial charge in [0.25, 0.3) is 0 Å². The highest BCUT2D eigenvalue weighted by molar-refractivity contribution is 5.95. The zero-order valence-corrected chi connectivity index (χ0v) is 13.8. The molecule has 0 aromatic carbocycles. The number of rotatable bonds is 3. The van der Waals surface area contributed by atoms with E-state index in [2.05, 4.69) is 20.9 Å². The summed E-state index contributed by atoms with van der Waals surface area (Å²) in [5, 5.41) is 8.73. The molecule has 0 aromatic heterocycles. The Balaban J connectivity index is 0.00000176. The predicted octanol–water partition coefficient (Wildman–Crippen LogP) is 1.00. The molecule has 6 nitrogen and oxygen atoms in total. The highest BCUT2D eigenvalue weighted by Gasteiger charge is 2.40. The number of urea groups is 1. The number of nitrogens with one attached hydrogen (secondary N) is 3. The highest BCUT2D eigenvalue weighted by atomic mass is 35.5. The Morgan fingerprint density at radius 1 is 1.18 bits per heavy atom. The van der Waals surface area contributed by atoms with Crippen LogP contribution in [0.2, 0.25) is 0 Å². The third kappa shape index (κ3) is 4.33. The van der Waals surface area contributed by atoms with Crippen LogP contribution in [0.1, 0.15) is 44.9 Å². The topological polar surface area (TPSA) is 73.5 Å². The van der Waals surface area contributed by atoms with E-state index in [9.17, 15) is 9.59 Å². The minimum atomic E-state index is -0.338. The molecule has 2 saturated carbocycles. The van der Waals surface area contributed by atoms with Crippen LogP contribution in [0.3, 0.4) is 0 Å². The zero-order valence-electron chi connectivity index (χ0n) is 13.0. The summed E-state index contributed by atoms with van der Waals surface area (Å²) in [5.41, 5.74) is 0.126. The van der Waals surface area contributed by atoms with Crippen LogP contribution < -0.4 is 16.0 Å². The molecule has 1 aliphatic heterocycles. The van der Waals surface area contributed by atoms with E-state index >= 15 is 0 Å². The number of carbonyl (C=O) groups is 2. The maximum Gasteiger partial charge on any atom is 0.321 e. The lowest BCUT2D eigenvalue weighted by atomic mass is 9.79. The fraction of sp³-hybridized carbons (Fsp3) is 0.867. The summed E-state index contributed by atoms with van der Waals surface area (Å²) in [4.78, 5) is 26.0. The minimum Gasteiger partial charge on any atom is -0.335 e. The molecule has 0 unspecified atom stereocenters. The van der Waals surface area contributed by atoms with E-state index < -0.39 is 0 Å². The van der Waals surface area contributed by atoms with Gasteiger partial charge in [-0.1, -0.05) is 19.3 Å². The number of halogens is 1. The fourth-order valence-electron chi connectivity index (χ4n) is 3.62. The zero-order chi connectivity index (χ0) is 14.7. The Hall–Kier alpha value is -0.850. The molecule has 1 heterocycles. The molecule has 7 heteroatoms. The van der Waals surface area contributed by atoms with Gasteiger partial charge in [-0.15, -0.1) is 12.4 Å². The van der Waals surface area contributed by atoms with Gasteiger partial charge < -0.3 is 10.6 Å². The third-order valence-corrected chi connectivity index (χ3v) is 4.97. The quantitative estimate of drug-likeness (QED) is 0.722. The van der Waals surface area contributed by atoms with Gasteiger partial charge in [-0.05, 0) is 25.7 Å². The number of piperazine rings is 1. The van der Waals surface area contributed by atoms with Crippen molar-refractivity contribution >= 4 is 24.3 Å². The predicted molar refractivity (Wildman–Crippen MR) is 87.2 cm³/mol. The molecule has 3 fully saturated rings. The molecule has 0 aromatic rings. The number of hydrogen-bond donors (Lipinski definition) is 3. The smallest absolute Gasteiger partial charge is 0.321 e. The lowest BCUT2D eigenvalue weighted by Crippen LogP contribution is -2.63. The standard InChI is InChI=1S/C15H26N4O2.ClH/c20-13(18-14(21)17-12-4-5-12)10-19-9-8-16-11-15(19)6-2-1-3-7-15;/h12,16H,1-11H2,(H2,17,18,20,21);1H. The molecule has 2 aliphatic carbocycles. The first-order chi connectivity index (χ1) is 10.2. The van der Waals surface area contributed by atoms with Gasteiger partial charge in [-0.2, -0.15) is 0 Å². The molecular formula is C15H27ClN4O2. The fourth-order valence-corrected chi connectivity index (χ4v) is 3.62. The average Bonchev–Trinajstić information content (AvgIpc) is 3.26. The number of amides is 3. The summed E-state index contributed by atoms with van der Waals surface area (Å²) in [6.07, 6.45) is 8.14. The molecule has 3 rings (SSSR count). The van der Waals surface area contributed by atoms with E-state index in [-0.39, 0.29) is 35.9 Å².